The minimum absolute atomic E-state index is 0.0362. The average molecular weight is 423 g/mol. The molecule has 9 nitrogen and oxygen atoms in total. The maximum Gasteiger partial charge on any atom is 0.410 e. The molecule has 0 aromatic carbocycles. The third kappa shape index (κ3) is 5.56. The molecule has 3 heterocycles. The lowest BCUT2D eigenvalue weighted by Gasteiger charge is -2.39. The average Bonchev–Trinajstić information content (AvgIpc) is 3.29. The van der Waals surface area contributed by atoms with E-state index in [0.717, 1.165) is 51.4 Å². The number of fused-ring (bicyclic) bond motifs is 1. The van der Waals surface area contributed by atoms with Gasteiger partial charge < -0.3 is 24.8 Å². The number of guanidine groups is 1. The van der Waals surface area contributed by atoms with Gasteiger partial charge in [-0.05, 0) is 46.6 Å². The highest BCUT2D eigenvalue weighted by Gasteiger charge is 2.36. The lowest BCUT2D eigenvalue weighted by atomic mass is 10.2. The van der Waals surface area contributed by atoms with Crippen LogP contribution in [0.5, 0.6) is 0 Å². The maximum atomic E-state index is 12.3. The fraction of sp³-hybridized carbons (Fsp3) is 0.857. The quantitative estimate of drug-likeness (QED) is 0.661. The normalized spacial score (nSPS) is 24.5. The van der Waals surface area contributed by atoms with E-state index < -0.39 is 5.60 Å². The number of nitrogens with zero attached hydrogens (tertiary/aromatic N) is 5. The van der Waals surface area contributed by atoms with E-state index >= 15 is 0 Å². The monoisotopic (exact) mass is 422 g/mol. The number of rotatable bonds is 5. The fourth-order valence-corrected chi connectivity index (χ4v) is 4.38. The maximum absolute atomic E-state index is 12.3. The van der Waals surface area contributed by atoms with Crippen molar-refractivity contribution in [3.8, 4) is 0 Å². The molecule has 0 spiro atoms. The van der Waals surface area contributed by atoms with E-state index in [1.807, 2.05) is 34.9 Å². The van der Waals surface area contributed by atoms with Crippen molar-refractivity contribution in [2.24, 2.45) is 4.99 Å². The summed E-state index contributed by atoms with van der Waals surface area (Å²) in [6, 6.07) is 0.253. The second-order valence-corrected chi connectivity index (χ2v) is 9.64. The van der Waals surface area contributed by atoms with Crippen molar-refractivity contribution in [2.75, 3.05) is 59.9 Å². The molecule has 170 valence electrons. The number of likely N-dealkylation sites (tertiary alicyclic amines) is 1. The number of carbonyl (C=O) groups excluding carboxylic acids is 2. The second-order valence-electron chi connectivity index (χ2n) is 9.64. The Bertz CT molecular complexity index is 660. The molecular formula is C21H38N6O3. The van der Waals surface area contributed by atoms with Crippen molar-refractivity contribution in [3.05, 3.63) is 0 Å². The number of carbonyl (C=O) groups is 2. The molecule has 0 aliphatic carbocycles. The van der Waals surface area contributed by atoms with Crippen molar-refractivity contribution < 1.29 is 14.3 Å². The number of aliphatic imine (C=N–C) groups is 1. The number of ether oxygens (including phenoxy) is 1. The highest BCUT2D eigenvalue weighted by molar-refractivity contribution is 5.83. The van der Waals surface area contributed by atoms with Gasteiger partial charge in [0.25, 0.3) is 0 Å². The molecular weight excluding hydrogens is 384 g/mol. The van der Waals surface area contributed by atoms with Crippen LogP contribution in [0.2, 0.25) is 0 Å². The van der Waals surface area contributed by atoms with E-state index in [2.05, 4.69) is 20.1 Å². The molecule has 2 amide bonds. The topological polar surface area (TPSA) is 80.7 Å². The SMILES string of the molecule is CN(C)C(=O)C1CCCN1CCCNC1=NCC2CN(C(=O)OC(C)(C)C)CCN12. The van der Waals surface area contributed by atoms with Crippen LogP contribution < -0.4 is 5.32 Å². The number of hydrogen-bond donors (Lipinski definition) is 1. The van der Waals surface area contributed by atoms with E-state index in [4.69, 9.17) is 4.74 Å². The molecule has 9 heteroatoms. The highest BCUT2D eigenvalue weighted by Crippen LogP contribution is 2.20. The summed E-state index contributed by atoms with van der Waals surface area (Å²) in [4.78, 5) is 37.4. The van der Waals surface area contributed by atoms with Gasteiger partial charge in [0.05, 0.1) is 18.6 Å². The van der Waals surface area contributed by atoms with Gasteiger partial charge in [0.2, 0.25) is 5.91 Å². The predicted octanol–water partition coefficient (Wildman–Crippen LogP) is 0.810. The van der Waals surface area contributed by atoms with Crippen LogP contribution in [0.4, 0.5) is 4.79 Å². The van der Waals surface area contributed by atoms with Crippen molar-refractivity contribution >= 4 is 18.0 Å². The Kier molecular flexibility index (Phi) is 7.10. The van der Waals surface area contributed by atoms with Crippen molar-refractivity contribution in [1.29, 1.82) is 0 Å². The van der Waals surface area contributed by atoms with Gasteiger partial charge in [-0.1, -0.05) is 0 Å². The van der Waals surface area contributed by atoms with Crippen molar-refractivity contribution in [1.82, 2.24) is 24.9 Å². The summed E-state index contributed by atoms with van der Waals surface area (Å²) < 4.78 is 5.50. The van der Waals surface area contributed by atoms with E-state index in [1.165, 1.54) is 0 Å². The second kappa shape index (κ2) is 9.41. The Balaban J connectivity index is 1.39. The number of hydrogen-bond acceptors (Lipinski definition) is 7. The standard InChI is InChI=1S/C21H38N6O3/c1-21(2,3)30-20(29)26-12-13-27-16(15-26)14-23-19(27)22-9-7-11-25-10-6-8-17(25)18(28)24(4)5/h16-17H,6-15H2,1-5H3,(H,22,23). The molecule has 3 rings (SSSR count). The van der Waals surface area contributed by atoms with Crippen LogP contribution in [0.15, 0.2) is 4.99 Å². The molecule has 3 aliphatic heterocycles. The van der Waals surface area contributed by atoms with Gasteiger partial charge >= 0.3 is 6.09 Å². The third-order valence-corrected chi connectivity index (χ3v) is 5.85. The lowest BCUT2D eigenvalue weighted by molar-refractivity contribution is -0.133. The van der Waals surface area contributed by atoms with Gasteiger partial charge in [0.1, 0.15) is 5.60 Å². The van der Waals surface area contributed by atoms with Gasteiger partial charge in [0.15, 0.2) is 5.96 Å². The van der Waals surface area contributed by atoms with Gasteiger partial charge in [0, 0.05) is 46.8 Å². The largest absolute Gasteiger partial charge is 0.444 e. The number of likely N-dealkylation sites (N-methyl/N-ethyl adjacent to an activating group) is 1. The first-order valence-electron chi connectivity index (χ1n) is 11.1. The Labute approximate surface area is 180 Å². The molecule has 0 bridgehead atoms. The van der Waals surface area contributed by atoms with Crippen LogP contribution in [-0.2, 0) is 9.53 Å². The Morgan fingerprint density at radius 3 is 2.70 bits per heavy atom. The summed E-state index contributed by atoms with van der Waals surface area (Å²) in [5.41, 5.74) is -0.474. The lowest BCUT2D eigenvalue weighted by Crippen LogP contribution is -2.57. The zero-order chi connectivity index (χ0) is 21.9. The van der Waals surface area contributed by atoms with Crippen LogP contribution in [0.25, 0.3) is 0 Å². The van der Waals surface area contributed by atoms with Gasteiger partial charge in [-0.3, -0.25) is 14.7 Å². The summed E-state index contributed by atoms with van der Waals surface area (Å²) >= 11 is 0. The van der Waals surface area contributed by atoms with Gasteiger partial charge in [-0.15, -0.1) is 0 Å². The third-order valence-electron chi connectivity index (χ3n) is 5.85. The summed E-state index contributed by atoms with van der Waals surface area (Å²) in [6.07, 6.45) is 2.78. The highest BCUT2D eigenvalue weighted by atomic mass is 16.6. The molecule has 30 heavy (non-hydrogen) atoms. The summed E-state index contributed by atoms with van der Waals surface area (Å²) in [7, 11) is 3.66. The molecule has 2 unspecified atom stereocenters. The molecule has 0 aromatic heterocycles. The van der Waals surface area contributed by atoms with Crippen molar-refractivity contribution in [2.45, 2.75) is 57.7 Å². The molecule has 0 radical (unpaired) electrons. The fourth-order valence-electron chi connectivity index (χ4n) is 4.38. The van der Waals surface area contributed by atoms with Crippen LogP contribution in [0, 0.1) is 0 Å². The molecule has 2 fully saturated rings. The van der Waals surface area contributed by atoms with Crippen LogP contribution in [-0.4, -0.2) is 115 Å². The minimum atomic E-state index is -0.474. The van der Waals surface area contributed by atoms with Crippen LogP contribution in [0.1, 0.15) is 40.0 Å². The van der Waals surface area contributed by atoms with Gasteiger partial charge in [-0.2, -0.15) is 0 Å². The molecule has 3 aliphatic rings. The van der Waals surface area contributed by atoms with Crippen LogP contribution in [0.3, 0.4) is 0 Å². The molecule has 2 saturated heterocycles. The smallest absolute Gasteiger partial charge is 0.410 e. The molecule has 0 aromatic rings. The van der Waals surface area contributed by atoms with E-state index in [-0.39, 0.29) is 24.1 Å². The zero-order valence-electron chi connectivity index (χ0n) is 19.2. The van der Waals surface area contributed by atoms with Crippen molar-refractivity contribution in [3.63, 3.8) is 0 Å². The summed E-state index contributed by atoms with van der Waals surface area (Å²) in [5, 5.41) is 3.47. The van der Waals surface area contributed by atoms with Gasteiger partial charge in [-0.25, -0.2) is 4.79 Å². The summed E-state index contributed by atoms with van der Waals surface area (Å²) in [6.45, 7) is 11.2. The van der Waals surface area contributed by atoms with E-state index in [0.29, 0.717) is 19.6 Å². The molecule has 2 atom stereocenters. The molecule has 1 N–H and O–H groups in total. The first kappa shape index (κ1) is 22.7. The number of piperazine rings is 1. The predicted molar refractivity (Wildman–Crippen MR) is 117 cm³/mol. The number of amides is 2. The van der Waals surface area contributed by atoms with E-state index in [1.54, 1.807) is 9.80 Å². The Morgan fingerprint density at radius 1 is 1.23 bits per heavy atom. The van der Waals surface area contributed by atoms with Crippen LogP contribution >= 0.6 is 0 Å². The Morgan fingerprint density at radius 2 is 2.00 bits per heavy atom. The summed E-state index contributed by atoms with van der Waals surface area (Å²) in [5.74, 6) is 1.15. The van der Waals surface area contributed by atoms with E-state index in [9.17, 15) is 9.59 Å². The minimum Gasteiger partial charge on any atom is -0.444 e. The first-order valence-corrected chi connectivity index (χ1v) is 11.1. The zero-order valence-corrected chi connectivity index (χ0v) is 19.2. The number of nitrogens with one attached hydrogen (secondary N) is 1. The first-order chi connectivity index (χ1) is 14.2. The Hall–Kier alpha value is -2.03. The molecule has 0 saturated carbocycles.